The van der Waals surface area contributed by atoms with Gasteiger partial charge in [-0.25, -0.2) is 0 Å². The van der Waals surface area contributed by atoms with Crippen molar-refractivity contribution in [2.24, 2.45) is 0 Å². The zero-order valence-electron chi connectivity index (χ0n) is 8.24. The van der Waals surface area contributed by atoms with Gasteiger partial charge in [0.15, 0.2) is 6.29 Å². The van der Waals surface area contributed by atoms with Crippen LogP contribution in [0.4, 0.5) is 0 Å². The van der Waals surface area contributed by atoms with Gasteiger partial charge in [-0.15, -0.1) is 0 Å². The van der Waals surface area contributed by atoms with E-state index >= 15 is 0 Å². The maximum Gasteiger partial charge on any atom is 0.156 e. The van der Waals surface area contributed by atoms with Crippen molar-refractivity contribution in [3.63, 3.8) is 0 Å². The van der Waals surface area contributed by atoms with E-state index in [0.717, 1.165) is 10.6 Å². The highest BCUT2D eigenvalue weighted by Crippen LogP contribution is 2.35. The van der Waals surface area contributed by atoms with E-state index in [1.54, 1.807) is 0 Å². The van der Waals surface area contributed by atoms with Crippen LogP contribution >= 0.6 is 11.6 Å². The number of rotatable bonds is 1. The zero-order valence-corrected chi connectivity index (χ0v) is 8.99. The van der Waals surface area contributed by atoms with Crippen LogP contribution in [0, 0.1) is 0 Å². The number of benzene rings is 1. The molecule has 0 spiro atoms. The molecule has 0 radical (unpaired) electrons. The molecule has 0 amide bonds. The molecular formula is C11H13ClO2. The molecule has 3 atom stereocenters. The summed E-state index contributed by atoms with van der Waals surface area (Å²) in [6, 6.07) is 7.72. The Hall–Kier alpha value is -0.570. The Morgan fingerprint density at radius 2 is 1.86 bits per heavy atom. The van der Waals surface area contributed by atoms with E-state index < -0.39 is 0 Å². The summed E-state index contributed by atoms with van der Waals surface area (Å²) in [6.07, 6.45) is -0.130. The standard InChI is InChI=1S/C11H13ClO2/c1-7-11(14-8(2)13-7)9-5-3-4-6-10(9)12/h3-8,11H,1-2H3/t7-,8?,11+/m0/s1. The lowest BCUT2D eigenvalue weighted by Crippen LogP contribution is -2.10. The molecule has 2 nitrogen and oxygen atoms in total. The average Bonchev–Trinajstić information content (AvgIpc) is 2.46. The van der Waals surface area contributed by atoms with Crippen molar-refractivity contribution < 1.29 is 9.47 Å². The normalized spacial score (nSPS) is 32.1. The monoisotopic (exact) mass is 212 g/mol. The fourth-order valence-corrected chi connectivity index (χ4v) is 2.00. The molecule has 76 valence electrons. The van der Waals surface area contributed by atoms with Gasteiger partial charge in [-0.05, 0) is 19.9 Å². The van der Waals surface area contributed by atoms with Crippen molar-refractivity contribution in [1.29, 1.82) is 0 Å². The third-order valence-corrected chi connectivity index (χ3v) is 2.73. The number of hydrogen-bond acceptors (Lipinski definition) is 2. The molecule has 1 aliphatic heterocycles. The van der Waals surface area contributed by atoms with E-state index in [2.05, 4.69) is 0 Å². The predicted octanol–water partition coefficient (Wildman–Crippen LogP) is 3.16. The summed E-state index contributed by atoms with van der Waals surface area (Å²) in [7, 11) is 0. The molecule has 0 N–H and O–H groups in total. The number of ether oxygens (including phenoxy) is 2. The van der Waals surface area contributed by atoms with Gasteiger partial charge in [0.2, 0.25) is 0 Å². The maximum atomic E-state index is 6.08. The average molecular weight is 213 g/mol. The summed E-state index contributed by atoms with van der Waals surface area (Å²) in [6.45, 7) is 3.89. The van der Waals surface area contributed by atoms with Gasteiger partial charge in [-0.1, -0.05) is 29.8 Å². The van der Waals surface area contributed by atoms with Crippen LogP contribution in [0.3, 0.4) is 0 Å². The van der Waals surface area contributed by atoms with E-state index in [0.29, 0.717) is 0 Å². The molecule has 0 bridgehead atoms. The first-order valence-corrected chi connectivity index (χ1v) is 5.11. The molecule has 0 aliphatic carbocycles. The van der Waals surface area contributed by atoms with Crippen molar-refractivity contribution in [3.8, 4) is 0 Å². The van der Waals surface area contributed by atoms with Crippen molar-refractivity contribution in [3.05, 3.63) is 34.9 Å². The summed E-state index contributed by atoms with van der Waals surface area (Å²) in [5.41, 5.74) is 1.01. The Bertz CT molecular complexity index is 327. The van der Waals surface area contributed by atoms with Crippen molar-refractivity contribution in [1.82, 2.24) is 0 Å². The van der Waals surface area contributed by atoms with Crippen molar-refractivity contribution in [2.75, 3.05) is 0 Å². The van der Waals surface area contributed by atoms with Crippen LogP contribution in [-0.4, -0.2) is 12.4 Å². The van der Waals surface area contributed by atoms with Crippen LogP contribution in [-0.2, 0) is 9.47 Å². The highest BCUT2D eigenvalue weighted by molar-refractivity contribution is 6.31. The van der Waals surface area contributed by atoms with Crippen LogP contribution in [0.2, 0.25) is 5.02 Å². The summed E-state index contributed by atoms with van der Waals surface area (Å²) in [4.78, 5) is 0. The van der Waals surface area contributed by atoms with Crippen LogP contribution in [0.5, 0.6) is 0 Å². The second-order valence-electron chi connectivity index (χ2n) is 3.49. The summed E-state index contributed by atoms with van der Waals surface area (Å²) >= 11 is 6.08. The lowest BCUT2D eigenvalue weighted by molar-refractivity contribution is -0.0494. The molecule has 0 aromatic heterocycles. The third-order valence-electron chi connectivity index (χ3n) is 2.38. The Balaban J connectivity index is 2.27. The van der Waals surface area contributed by atoms with Gasteiger partial charge in [-0.2, -0.15) is 0 Å². The SMILES string of the molecule is CC1O[C@@H](C)[C@H](c2ccccc2Cl)O1. The van der Waals surface area contributed by atoms with Crippen LogP contribution in [0.1, 0.15) is 25.5 Å². The molecule has 2 rings (SSSR count). The molecular weight excluding hydrogens is 200 g/mol. The van der Waals surface area contributed by atoms with E-state index in [-0.39, 0.29) is 18.5 Å². The van der Waals surface area contributed by atoms with Gasteiger partial charge in [-0.3, -0.25) is 0 Å². The molecule has 0 saturated carbocycles. The topological polar surface area (TPSA) is 18.5 Å². The summed E-state index contributed by atoms with van der Waals surface area (Å²) in [5.74, 6) is 0. The van der Waals surface area contributed by atoms with E-state index in [1.807, 2.05) is 38.1 Å². The first kappa shape index (κ1) is 9.97. The van der Waals surface area contributed by atoms with Gasteiger partial charge >= 0.3 is 0 Å². The minimum Gasteiger partial charge on any atom is -0.347 e. The van der Waals surface area contributed by atoms with E-state index in [1.165, 1.54) is 0 Å². The molecule has 3 heteroatoms. The van der Waals surface area contributed by atoms with Gasteiger partial charge in [0, 0.05) is 10.6 Å². The summed E-state index contributed by atoms with van der Waals surface area (Å²) in [5, 5.41) is 0.738. The fourth-order valence-electron chi connectivity index (χ4n) is 1.75. The molecule has 1 aliphatic rings. The Labute approximate surface area is 88.8 Å². The molecule has 1 saturated heterocycles. The zero-order chi connectivity index (χ0) is 10.1. The smallest absolute Gasteiger partial charge is 0.156 e. The number of halogens is 1. The van der Waals surface area contributed by atoms with Crippen LogP contribution in [0.25, 0.3) is 0 Å². The first-order valence-electron chi connectivity index (χ1n) is 4.74. The Kier molecular flexibility index (Phi) is 2.77. The molecule has 14 heavy (non-hydrogen) atoms. The van der Waals surface area contributed by atoms with Crippen molar-refractivity contribution >= 4 is 11.6 Å². The van der Waals surface area contributed by atoms with Gasteiger partial charge in [0.05, 0.1) is 6.10 Å². The lowest BCUT2D eigenvalue weighted by atomic mass is 10.1. The maximum absolute atomic E-state index is 6.08. The molecule has 1 unspecified atom stereocenters. The van der Waals surface area contributed by atoms with Gasteiger partial charge in [0.1, 0.15) is 6.10 Å². The molecule has 1 fully saturated rings. The second-order valence-corrected chi connectivity index (χ2v) is 3.89. The van der Waals surface area contributed by atoms with Crippen molar-refractivity contribution in [2.45, 2.75) is 32.3 Å². The minimum atomic E-state index is -0.147. The fraction of sp³-hybridized carbons (Fsp3) is 0.455. The Morgan fingerprint density at radius 1 is 1.14 bits per heavy atom. The number of hydrogen-bond donors (Lipinski definition) is 0. The minimum absolute atomic E-state index is 0.0429. The van der Waals surface area contributed by atoms with Crippen LogP contribution < -0.4 is 0 Å². The van der Waals surface area contributed by atoms with Crippen LogP contribution in [0.15, 0.2) is 24.3 Å². The third kappa shape index (κ3) is 1.78. The second kappa shape index (κ2) is 3.89. The summed E-state index contributed by atoms with van der Waals surface area (Å²) < 4.78 is 11.1. The lowest BCUT2D eigenvalue weighted by Gasteiger charge is -2.14. The first-order chi connectivity index (χ1) is 6.68. The predicted molar refractivity (Wildman–Crippen MR) is 55.3 cm³/mol. The highest BCUT2D eigenvalue weighted by atomic mass is 35.5. The van der Waals surface area contributed by atoms with Gasteiger partial charge in [0.25, 0.3) is 0 Å². The molecule has 1 aromatic carbocycles. The molecule has 1 heterocycles. The highest BCUT2D eigenvalue weighted by Gasteiger charge is 2.32. The molecule has 1 aromatic rings. The largest absolute Gasteiger partial charge is 0.347 e. The Morgan fingerprint density at radius 3 is 2.43 bits per heavy atom. The quantitative estimate of drug-likeness (QED) is 0.712. The van der Waals surface area contributed by atoms with E-state index in [9.17, 15) is 0 Å². The van der Waals surface area contributed by atoms with Gasteiger partial charge < -0.3 is 9.47 Å². The van der Waals surface area contributed by atoms with E-state index in [4.69, 9.17) is 21.1 Å².